The van der Waals surface area contributed by atoms with E-state index in [1.54, 1.807) is 25.3 Å². The van der Waals surface area contributed by atoms with Crippen molar-refractivity contribution in [3.63, 3.8) is 0 Å². The number of fused-ring (bicyclic) bond motifs is 1. The summed E-state index contributed by atoms with van der Waals surface area (Å²) in [7, 11) is -3.98. The van der Waals surface area contributed by atoms with Crippen LogP contribution < -0.4 is 10.0 Å². The molecule has 0 saturated heterocycles. The van der Waals surface area contributed by atoms with Crippen molar-refractivity contribution in [3.05, 3.63) is 75.9 Å². The van der Waals surface area contributed by atoms with Gasteiger partial charge in [-0.15, -0.1) is 0 Å². The molecule has 0 amide bonds. The van der Waals surface area contributed by atoms with Crippen LogP contribution in [0.5, 0.6) is 0 Å². The molecule has 162 valence electrons. The molecule has 0 spiro atoms. The van der Waals surface area contributed by atoms with E-state index < -0.39 is 14.9 Å². The van der Waals surface area contributed by atoms with Crippen molar-refractivity contribution in [3.8, 4) is 0 Å². The zero-order chi connectivity index (χ0) is 22.2. The molecule has 0 bridgehead atoms. The number of hydrogen-bond acceptors (Lipinski definition) is 6. The van der Waals surface area contributed by atoms with E-state index in [2.05, 4.69) is 15.0 Å². The molecule has 0 unspecified atom stereocenters. The van der Waals surface area contributed by atoms with E-state index in [0.717, 1.165) is 35.9 Å². The number of nitro groups is 1. The number of imidazole rings is 1. The molecule has 1 aromatic heterocycles. The normalized spacial score (nSPS) is 15.9. The number of nitrogens with one attached hydrogen (secondary N) is 2. The van der Waals surface area contributed by atoms with Crippen molar-refractivity contribution in [2.75, 3.05) is 10.0 Å². The largest absolute Gasteiger partial charge is 0.375 e. The fourth-order valence-electron chi connectivity index (χ4n) is 3.79. The molecule has 10 heteroatoms. The fourth-order valence-corrected chi connectivity index (χ4v) is 4.94. The second-order valence-electron chi connectivity index (χ2n) is 7.74. The minimum atomic E-state index is -3.98. The molecule has 2 heterocycles. The summed E-state index contributed by atoms with van der Waals surface area (Å²) < 4.78 is 30.3. The average Bonchev–Trinajstić information content (AvgIpc) is 3.18. The Balaban J connectivity index is 1.59. The lowest BCUT2D eigenvalue weighted by molar-refractivity contribution is -0.384. The van der Waals surface area contributed by atoms with Gasteiger partial charge in [-0.25, -0.2) is 13.4 Å². The van der Waals surface area contributed by atoms with E-state index >= 15 is 0 Å². The quantitative estimate of drug-likeness (QED) is 0.445. The molecule has 3 aromatic rings. The Kier molecular flexibility index (Phi) is 5.40. The summed E-state index contributed by atoms with van der Waals surface area (Å²) in [6, 6.07) is 9.26. The van der Waals surface area contributed by atoms with Gasteiger partial charge in [0, 0.05) is 37.5 Å². The van der Waals surface area contributed by atoms with Crippen molar-refractivity contribution in [1.29, 1.82) is 0 Å². The highest BCUT2D eigenvalue weighted by Gasteiger charge is 2.25. The molecule has 0 fully saturated rings. The first-order chi connectivity index (χ1) is 14.7. The van der Waals surface area contributed by atoms with E-state index in [9.17, 15) is 18.5 Å². The van der Waals surface area contributed by atoms with Gasteiger partial charge in [0.05, 0.1) is 15.5 Å². The van der Waals surface area contributed by atoms with Gasteiger partial charge < -0.3 is 9.88 Å². The Morgan fingerprint density at radius 2 is 1.94 bits per heavy atom. The van der Waals surface area contributed by atoms with Crippen molar-refractivity contribution in [2.45, 2.75) is 44.2 Å². The molecular formula is C21H23N5O4S. The number of rotatable bonds is 6. The van der Waals surface area contributed by atoms with Gasteiger partial charge in [0.1, 0.15) is 11.5 Å². The predicted octanol–water partition coefficient (Wildman–Crippen LogP) is 3.64. The third-order valence-corrected chi connectivity index (χ3v) is 6.76. The summed E-state index contributed by atoms with van der Waals surface area (Å²) in [5.74, 6) is 0.992. The van der Waals surface area contributed by atoms with E-state index in [1.165, 1.54) is 12.1 Å². The van der Waals surface area contributed by atoms with Crippen LogP contribution in [-0.4, -0.2) is 28.9 Å². The molecule has 1 atom stereocenters. The van der Waals surface area contributed by atoms with Gasteiger partial charge in [0.2, 0.25) is 0 Å². The van der Waals surface area contributed by atoms with Gasteiger partial charge in [0.15, 0.2) is 0 Å². The van der Waals surface area contributed by atoms with E-state index in [-0.39, 0.29) is 16.6 Å². The molecule has 0 radical (unpaired) electrons. The second kappa shape index (κ2) is 8.03. The third-order valence-electron chi connectivity index (χ3n) is 5.40. The minimum Gasteiger partial charge on any atom is -0.375 e. The zero-order valence-corrected chi connectivity index (χ0v) is 18.0. The SMILES string of the molecule is Cc1ccc(NS(=O)(=O)c2ccc(N[C@@H]3CCc4nccn4C3)c([N+](=O)[O-])c2)c(C)c1. The molecule has 2 N–H and O–H groups in total. The molecular weight excluding hydrogens is 418 g/mol. The van der Waals surface area contributed by atoms with Crippen LogP contribution in [0.2, 0.25) is 0 Å². The Morgan fingerprint density at radius 1 is 1.16 bits per heavy atom. The first kappa shape index (κ1) is 20.9. The molecule has 1 aliphatic rings. The Morgan fingerprint density at radius 3 is 2.68 bits per heavy atom. The molecule has 9 nitrogen and oxygen atoms in total. The van der Waals surface area contributed by atoms with Crippen LogP contribution in [0.3, 0.4) is 0 Å². The number of aromatic nitrogens is 2. The van der Waals surface area contributed by atoms with Crippen LogP contribution in [0.4, 0.5) is 17.1 Å². The lowest BCUT2D eigenvalue weighted by atomic mass is 10.1. The molecule has 0 saturated carbocycles. The lowest BCUT2D eigenvalue weighted by Gasteiger charge is -2.25. The molecule has 31 heavy (non-hydrogen) atoms. The van der Waals surface area contributed by atoms with Crippen LogP contribution in [0.25, 0.3) is 0 Å². The number of sulfonamides is 1. The average molecular weight is 442 g/mol. The number of benzene rings is 2. The number of nitrogens with zero attached hydrogens (tertiary/aromatic N) is 3. The summed E-state index contributed by atoms with van der Waals surface area (Å²) in [6.07, 6.45) is 5.17. The van der Waals surface area contributed by atoms with Crippen LogP contribution in [0, 0.1) is 24.0 Å². The van der Waals surface area contributed by atoms with Crippen LogP contribution in [0.15, 0.2) is 53.7 Å². The maximum absolute atomic E-state index is 12.9. The zero-order valence-electron chi connectivity index (χ0n) is 17.2. The Bertz CT molecular complexity index is 1250. The maximum Gasteiger partial charge on any atom is 0.293 e. The molecule has 2 aromatic carbocycles. The lowest BCUT2D eigenvalue weighted by Crippen LogP contribution is -2.31. The summed E-state index contributed by atoms with van der Waals surface area (Å²) >= 11 is 0. The highest BCUT2D eigenvalue weighted by atomic mass is 32.2. The smallest absolute Gasteiger partial charge is 0.293 e. The monoisotopic (exact) mass is 441 g/mol. The van der Waals surface area contributed by atoms with Gasteiger partial charge in [-0.2, -0.15) is 0 Å². The number of hydrogen-bond donors (Lipinski definition) is 2. The van der Waals surface area contributed by atoms with Gasteiger partial charge in [-0.3, -0.25) is 14.8 Å². The van der Waals surface area contributed by atoms with E-state index in [0.29, 0.717) is 17.9 Å². The van der Waals surface area contributed by atoms with Gasteiger partial charge in [0.25, 0.3) is 15.7 Å². The molecule has 4 rings (SSSR count). The number of nitro benzene ring substituents is 1. The first-order valence-corrected chi connectivity index (χ1v) is 11.4. The summed E-state index contributed by atoms with van der Waals surface area (Å²) in [5, 5.41) is 14.9. The van der Waals surface area contributed by atoms with Crippen molar-refractivity contribution in [1.82, 2.24) is 9.55 Å². The first-order valence-electron chi connectivity index (χ1n) is 9.88. The predicted molar refractivity (Wildman–Crippen MR) is 118 cm³/mol. The number of aryl methyl sites for hydroxylation is 3. The standard InChI is InChI=1S/C21H23N5O4S/c1-14-3-6-18(15(2)11-14)24-31(29,30)17-5-7-19(20(12-17)26(27)28)23-16-4-8-21-22-9-10-25(21)13-16/h3,5-7,9-12,16,23-24H,4,8,13H2,1-2H3/t16-/m1/s1. The van der Waals surface area contributed by atoms with Crippen molar-refractivity contribution >= 4 is 27.1 Å². The maximum atomic E-state index is 12.9. The van der Waals surface area contributed by atoms with Crippen LogP contribution in [0.1, 0.15) is 23.4 Å². The minimum absolute atomic E-state index is 0.0174. The highest BCUT2D eigenvalue weighted by molar-refractivity contribution is 7.92. The highest BCUT2D eigenvalue weighted by Crippen LogP contribution is 2.31. The Labute approximate surface area is 180 Å². The summed E-state index contributed by atoms with van der Waals surface area (Å²) in [6.45, 7) is 4.36. The summed E-state index contributed by atoms with van der Waals surface area (Å²) in [4.78, 5) is 15.2. The van der Waals surface area contributed by atoms with Crippen LogP contribution in [-0.2, 0) is 23.0 Å². The van der Waals surface area contributed by atoms with Gasteiger partial charge in [-0.1, -0.05) is 17.7 Å². The number of anilines is 2. The third kappa shape index (κ3) is 4.38. The van der Waals surface area contributed by atoms with E-state index in [1.807, 2.05) is 23.8 Å². The topological polar surface area (TPSA) is 119 Å². The summed E-state index contributed by atoms with van der Waals surface area (Å²) in [5.41, 5.74) is 2.24. The van der Waals surface area contributed by atoms with Crippen molar-refractivity contribution in [2.24, 2.45) is 0 Å². The van der Waals surface area contributed by atoms with Gasteiger partial charge >= 0.3 is 0 Å². The van der Waals surface area contributed by atoms with Crippen LogP contribution >= 0.6 is 0 Å². The fraction of sp³-hybridized carbons (Fsp3) is 0.286. The molecule has 0 aliphatic carbocycles. The second-order valence-corrected chi connectivity index (χ2v) is 9.42. The van der Waals surface area contributed by atoms with Crippen molar-refractivity contribution < 1.29 is 13.3 Å². The molecule has 1 aliphatic heterocycles. The Hall–Kier alpha value is -3.40. The van der Waals surface area contributed by atoms with E-state index in [4.69, 9.17) is 0 Å². The van der Waals surface area contributed by atoms with Gasteiger partial charge in [-0.05, 0) is 44.0 Å².